The van der Waals surface area contributed by atoms with E-state index in [1.807, 2.05) is 0 Å². The molecule has 0 aromatic heterocycles. The second kappa shape index (κ2) is 8.70. The molecule has 1 saturated heterocycles. The molecule has 0 bridgehead atoms. The zero-order valence-electron chi connectivity index (χ0n) is 12.9. The molecule has 1 rings (SSSR count). The van der Waals surface area contributed by atoms with Gasteiger partial charge >= 0.3 is 17.9 Å². The SMILES string of the molecule is CCC(=O)O[C@@H]1[C@@H](OC(=O)CC)COC(O)[C@H]1OC(=O)CC. The molecule has 8 nitrogen and oxygen atoms in total. The molecule has 8 heteroatoms. The van der Waals surface area contributed by atoms with Crippen molar-refractivity contribution in [2.24, 2.45) is 0 Å². The molecule has 0 aromatic rings. The van der Waals surface area contributed by atoms with E-state index in [1.165, 1.54) is 0 Å². The summed E-state index contributed by atoms with van der Waals surface area (Å²) < 4.78 is 20.5. The number of hydrogen-bond donors (Lipinski definition) is 1. The lowest BCUT2D eigenvalue weighted by Crippen LogP contribution is -2.57. The monoisotopic (exact) mass is 318 g/mol. The van der Waals surface area contributed by atoms with Gasteiger partial charge in [-0.3, -0.25) is 14.4 Å². The molecule has 126 valence electrons. The summed E-state index contributed by atoms with van der Waals surface area (Å²) in [4.78, 5) is 34.5. The van der Waals surface area contributed by atoms with Crippen LogP contribution in [0.4, 0.5) is 0 Å². The van der Waals surface area contributed by atoms with E-state index in [0.29, 0.717) is 0 Å². The Labute approximate surface area is 128 Å². The quantitative estimate of drug-likeness (QED) is 0.550. The minimum atomic E-state index is -1.46. The molecule has 1 aliphatic heterocycles. The molecule has 1 heterocycles. The maximum Gasteiger partial charge on any atom is 0.306 e. The molecular formula is C14H22O8. The summed E-state index contributed by atoms with van der Waals surface area (Å²) in [6.45, 7) is 4.63. The van der Waals surface area contributed by atoms with Crippen LogP contribution in [0, 0.1) is 0 Å². The van der Waals surface area contributed by atoms with Crippen molar-refractivity contribution in [3.05, 3.63) is 0 Å². The van der Waals surface area contributed by atoms with E-state index in [2.05, 4.69) is 0 Å². The third-order valence-corrected chi connectivity index (χ3v) is 3.09. The summed E-state index contributed by atoms with van der Waals surface area (Å²) in [5.74, 6) is -1.66. The van der Waals surface area contributed by atoms with Crippen LogP contribution in [-0.4, -0.2) is 54.2 Å². The number of ether oxygens (including phenoxy) is 4. The molecule has 4 atom stereocenters. The van der Waals surface area contributed by atoms with Gasteiger partial charge in [-0.25, -0.2) is 0 Å². The Morgan fingerprint density at radius 1 is 0.909 bits per heavy atom. The van der Waals surface area contributed by atoms with E-state index >= 15 is 0 Å². The Kier molecular flexibility index (Phi) is 7.26. The van der Waals surface area contributed by atoms with Crippen LogP contribution < -0.4 is 0 Å². The van der Waals surface area contributed by atoms with Crippen LogP contribution in [-0.2, 0) is 33.3 Å². The maximum atomic E-state index is 11.6. The summed E-state index contributed by atoms with van der Waals surface area (Å²) in [5, 5.41) is 9.85. The molecule has 0 aromatic carbocycles. The van der Waals surface area contributed by atoms with Crippen molar-refractivity contribution in [2.45, 2.75) is 64.6 Å². The van der Waals surface area contributed by atoms with E-state index in [9.17, 15) is 19.5 Å². The second-order valence-electron chi connectivity index (χ2n) is 4.72. The Hall–Kier alpha value is -1.67. The summed E-state index contributed by atoms with van der Waals surface area (Å²) >= 11 is 0. The number of carbonyl (C=O) groups excluding carboxylic acids is 3. The lowest BCUT2D eigenvalue weighted by Gasteiger charge is -2.38. The van der Waals surface area contributed by atoms with Crippen molar-refractivity contribution >= 4 is 17.9 Å². The summed E-state index contributed by atoms with van der Waals surface area (Å²) in [5.41, 5.74) is 0. The Morgan fingerprint density at radius 3 is 1.86 bits per heavy atom. The third-order valence-electron chi connectivity index (χ3n) is 3.09. The average molecular weight is 318 g/mol. The first-order valence-corrected chi connectivity index (χ1v) is 7.30. The topological polar surface area (TPSA) is 108 Å². The number of rotatable bonds is 6. The fraction of sp³-hybridized carbons (Fsp3) is 0.786. The van der Waals surface area contributed by atoms with Crippen molar-refractivity contribution in [2.75, 3.05) is 6.61 Å². The van der Waals surface area contributed by atoms with Crippen LogP contribution in [0.25, 0.3) is 0 Å². The van der Waals surface area contributed by atoms with Gasteiger partial charge in [-0.15, -0.1) is 0 Å². The third kappa shape index (κ3) is 4.96. The second-order valence-corrected chi connectivity index (χ2v) is 4.72. The van der Waals surface area contributed by atoms with Gasteiger partial charge in [-0.2, -0.15) is 0 Å². The van der Waals surface area contributed by atoms with Gasteiger partial charge in [-0.05, 0) is 0 Å². The molecule has 0 radical (unpaired) electrons. The van der Waals surface area contributed by atoms with Gasteiger partial charge < -0.3 is 24.1 Å². The van der Waals surface area contributed by atoms with Crippen LogP contribution in [0.2, 0.25) is 0 Å². The largest absolute Gasteiger partial charge is 0.456 e. The highest BCUT2D eigenvalue weighted by atomic mass is 16.7. The van der Waals surface area contributed by atoms with Gasteiger partial charge in [0.1, 0.15) is 0 Å². The zero-order chi connectivity index (χ0) is 16.7. The van der Waals surface area contributed by atoms with Crippen LogP contribution in [0.1, 0.15) is 40.0 Å². The van der Waals surface area contributed by atoms with E-state index in [-0.39, 0.29) is 25.9 Å². The van der Waals surface area contributed by atoms with Crippen molar-refractivity contribution < 1.29 is 38.4 Å². The normalized spacial score (nSPS) is 27.8. The molecule has 0 spiro atoms. The Bertz CT molecular complexity index is 408. The zero-order valence-corrected chi connectivity index (χ0v) is 12.9. The first-order chi connectivity index (χ1) is 10.4. The first-order valence-electron chi connectivity index (χ1n) is 7.30. The minimum absolute atomic E-state index is 0.0804. The lowest BCUT2D eigenvalue weighted by molar-refractivity contribution is -0.268. The highest BCUT2D eigenvalue weighted by Crippen LogP contribution is 2.24. The summed E-state index contributed by atoms with van der Waals surface area (Å²) in [6.07, 6.45) is -4.45. The highest BCUT2D eigenvalue weighted by molar-refractivity contribution is 5.71. The van der Waals surface area contributed by atoms with Crippen molar-refractivity contribution in [3.8, 4) is 0 Å². The van der Waals surface area contributed by atoms with Gasteiger partial charge in [0.25, 0.3) is 0 Å². The predicted molar refractivity (Wildman–Crippen MR) is 72.5 cm³/mol. The van der Waals surface area contributed by atoms with E-state index < -0.39 is 42.5 Å². The maximum absolute atomic E-state index is 11.6. The lowest BCUT2D eigenvalue weighted by atomic mass is 10.0. The number of esters is 3. The molecule has 1 fully saturated rings. The summed E-state index contributed by atoms with van der Waals surface area (Å²) in [7, 11) is 0. The average Bonchev–Trinajstić information content (AvgIpc) is 2.52. The summed E-state index contributed by atoms with van der Waals surface area (Å²) in [6, 6.07) is 0. The van der Waals surface area contributed by atoms with Crippen molar-refractivity contribution in [1.82, 2.24) is 0 Å². The standard InChI is InChI=1S/C14H22O8/c1-4-9(15)20-8-7-19-14(18)13(22-11(17)6-3)12(8)21-10(16)5-2/h8,12-14,18H,4-7H2,1-3H3/t8-,12+,13-,14?/m0/s1. The number of aliphatic hydroxyl groups is 1. The molecule has 1 unspecified atom stereocenters. The van der Waals surface area contributed by atoms with E-state index in [0.717, 1.165) is 0 Å². The van der Waals surface area contributed by atoms with Gasteiger partial charge in [0, 0.05) is 19.3 Å². The molecular weight excluding hydrogens is 296 g/mol. The van der Waals surface area contributed by atoms with E-state index in [1.54, 1.807) is 20.8 Å². The smallest absolute Gasteiger partial charge is 0.306 e. The van der Waals surface area contributed by atoms with Crippen LogP contribution in [0.3, 0.4) is 0 Å². The van der Waals surface area contributed by atoms with Crippen LogP contribution in [0.15, 0.2) is 0 Å². The van der Waals surface area contributed by atoms with Gasteiger partial charge in [0.2, 0.25) is 0 Å². The Morgan fingerprint density at radius 2 is 1.36 bits per heavy atom. The first kappa shape index (κ1) is 18.4. The Balaban J connectivity index is 2.92. The fourth-order valence-corrected chi connectivity index (χ4v) is 1.85. The molecule has 0 aliphatic carbocycles. The van der Waals surface area contributed by atoms with Crippen LogP contribution in [0.5, 0.6) is 0 Å². The van der Waals surface area contributed by atoms with E-state index in [4.69, 9.17) is 18.9 Å². The number of hydrogen-bond acceptors (Lipinski definition) is 8. The number of carbonyl (C=O) groups is 3. The molecule has 0 amide bonds. The minimum Gasteiger partial charge on any atom is -0.456 e. The van der Waals surface area contributed by atoms with Crippen LogP contribution >= 0.6 is 0 Å². The molecule has 1 N–H and O–H groups in total. The fourth-order valence-electron chi connectivity index (χ4n) is 1.85. The molecule has 22 heavy (non-hydrogen) atoms. The van der Waals surface area contributed by atoms with Crippen molar-refractivity contribution in [1.29, 1.82) is 0 Å². The molecule has 1 aliphatic rings. The number of aliphatic hydroxyl groups excluding tert-OH is 1. The van der Waals surface area contributed by atoms with Gasteiger partial charge in [0.05, 0.1) is 6.61 Å². The predicted octanol–water partition coefficient (Wildman–Crippen LogP) is 0.300. The van der Waals surface area contributed by atoms with Crippen molar-refractivity contribution in [3.63, 3.8) is 0 Å². The van der Waals surface area contributed by atoms with Gasteiger partial charge in [-0.1, -0.05) is 20.8 Å². The highest BCUT2D eigenvalue weighted by Gasteiger charge is 2.46. The molecule has 0 saturated carbocycles. The van der Waals surface area contributed by atoms with Gasteiger partial charge in [0.15, 0.2) is 24.6 Å².